The predicted molar refractivity (Wildman–Crippen MR) is 130 cm³/mol. The van der Waals surface area contributed by atoms with Crippen LogP contribution in [0.25, 0.3) is 11.4 Å². The molecule has 0 fully saturated rings. The van der Waals surface area contributed by atoms with Crippen molar-refractivity contribution < 1.29 is 19.0 Å². The number of hydrogen-bond acceptors (Lipinski definition) is 7. The monoisotopic (exact) mass is 458 g/mol. The number of methoxy groups -OCH3 is 3. The number of rotatable bonds is 9. The average molecular weight is 459 g/mol. The van der Waals surface area contributed by atoms with Crippen molar-refractivity contribution in [2.45, 2.75) is 13.0 Å². The highest BCUT2D eigenvalue weighted by molar-refractivity contribution is 5.83. The van der Waals surface area contributed by atoms with Crippen LogP contribution in [-0.2, 0) is 13.0 Å². The van der Waals surface area contributed by atoms with Crippen LogP contribution in [0, 0.1) is 0 Å². The predicted octanol–water partition coefficient (Wildman–Crippen LogP) is 4.47. The summed E-state index contributed by atoms with van der Waals surface area (Å²) in [5.74, 6) is 2.87. The van der Waals surface area contributed by atoms with Gasteiger partial charge in [0.25, 0.3) is 5.91 Å². The fourth-order valence-corrected chi connectivity index (χ4v) is 3.38. The van der Waals surface area contributed by atoms with Crippen molar-refractivity contribution in [2.24, 2.45) is 0 Å². The maximum Gasteiger partial charge on any atom is 0.254 e. The molecule has 0 amide bonds. The van der Waals surface area contributed by atoms with Crippen LogP contribution in [0.2, 0.25) is 0 Å². The van der Waals surface area contributed by atoms with Crippen LogP contribution in [0.4, 0.5) is 5.95 Å². The minimum atomic E-state index is -0.199. The Morgan fingerprint density at radius 3 is 1.79 bits per heavy atom. The number of aromatic nitrogens is 3. The quantitative estimate of drug-likeness (QED) is 0.396. The summed E-state index contributed by atoms with van der Waals surface area (Å²) in [6, 6.07) is 22.5. The van der Waals surface area contributed by atoms with Crippen LogP contribution in [0.5, 0.6) is 17.2 Å². The lowest BCUT2D eigenvalue weighted by Crippen LogP contribution is -2.18. The van der Waals surface area contributed by atoms with Gasteiger partial charge in [-0.15, -0.1) is 5.10 Å². The second-order valence-corrected chi connectivity index (χ2v) is 7.52. The molecule has 3 aromatic carbocycles. The standard InChI is InChI=1S/C26H26N4O4/c1-32-21-10-4-18(5-11-21)16-24(31)30-26(27-17-19-6-12-22(33-2)13-7-19)28-25(29-30)20-8-14-23(34-3)15-9-20/h4-15H,16-17H2,1-3H3,(H,27,28,29). The maximum absolute atomic E-state index is 13.2. The molecule has 0 atom stereocenters. The van der Waals surface area contributed by atoms with Crippen LogP contribution in [-0.4, -0.2) is 42.0 Å². The molecule has 0 spiro atoms. The van der Waals surface area contributed by atoms with Crippen LogP contribution in [0.3, 0.4) is 0 Å². The van der Waals surface area contributed by atoms with E-state index in [4.69, 9.17) is 14.2 Å². The van der Waals surface area contributed by atoms with Crippen molar-refractivity contribution in [2.75, 3.05) is 26.6 Å². The second kappa shape index (κ2) is 10.5. The molecule has 8 heteroatoms. The first-order chi connectivity index (χ1) is 16.6. The van der Waals surface area contributed by atoms with Gasteiger partial charge in [0.05, 0.1) is 27.8 Å². The van der Waals surface area contributed by atoms with E-state index in [9.17, 15) is 4.79 Å². The van der Waals surface area contributed by atoms with Crippen molar-refractivity contribution in [3.8, 4) is 28.6 Å². The second-order valence-electron chi connectivity index (χ2n) is 7.52. The molecule has 1 N–H and O–H groups in total. The Balaban J connectivity index is 1.59. The maximum atomic E-state index is 13.2. The number of nitrogens with zero attached hydrogens (tertiary/aromatic N) is 3. The lowest BCUT2D eigenvalue weighted by Gasteiger charge is -2.08. The van der Waals surface area contributed by atoms with Gasteiger partial charge in [0.2, 0.25) is 5.95 Å². The molecular weight excluding hydrogens is 432 g/mol. The Labute approximate surface area is 198 Å². The lowest BCUT2D eigenvalue weighted by molar-refractivity contribution is 0.0901. The molecule has 4 aromatic rings. The van der Waals surface area contributed by atoms with E-state index in [1.165, 1.54) is 4.68 Å². The van der Waals surface area contributed by atoms with Gasteiger partial charge in [0.15, 0.2) is 5.82 Å². The summed E-state index contributed by atoms with van der Waals surface area (Å²) in [5, 5.41) is 7.76. The Morgan fingerprint density at radius 2 is 1.26 bits per heavy atom. The first-order valence-electron chi connectivity index (χ1n) is 10.7. The molecular formula is C26H26N4O4. The SMILES string of the molecule is COc1ccc(CNc2nc(-c3ccc(OC)cc3)nn2C(=O)Cc2ccc(OC)cc2)cc1. The molecule has 0 saturated carbocycles. The number of anilines is 1. The van der Waals surface area contributed by atoms with Gasteiger partial charge < -0.3 is 19.5 Å². The topological polar surface area (TPSA) is 87.5 Å². The van der Waals surface area contributed by atoms with Crippen LogP contribution < -0.4 is 19.5 Å². The molecule has 1 aromatic heterocycles. The van der Waals surface area contributed by atoms with E-state index in [0.29, 0.717) is 18.3 Å². The van der Waals surface area contributed by atoms with Crippen molar-refractivity contribution >= 4 is 11.9 Å². The van der Waals surface area contributed by atoms with Crippen molar-refractivity contribution in [3.05, 3.63) is 83.9 Å². The molecule has 8 nitrogen and oxygen atoms in total. The summed E-state index contributed by atoms with van der Waals surface area (Å²) >= 11 is 0. The molecule has 1 heterocycles. The number of hydrogen-bond donors (Lipinski definition) is 1. The van der Waals surface area contributed by atoms with Gasteiger partial charge in [-0.25, -0.2) is 0 Å². The van der Waals surface area contributed by atoms with Gasteiger partial charge in [-0.3, -0.25) is 4.79 Å². The fourth-order valence-electron chi connectivity index (χ4n) is 3.38. The minimum Gasteiger partial charge on any atom is -0.497 e. The normalized spacial score (nSPS) is 10.6. The molecule has 0 aliphatic heterocycles. The third kappa shape index (κ3) is 5.35. The molecule has 4 rings (SSSR count). The first-order valence-corrected chi connectivity index (χ1v) is 10.7. The number of ether oxygens (including phenoxy) is 3. The van der Waals surface area contributed by atoms with Gasteiger partial charge in [0.1, 0.15) is 17.2 Å². The molecule has 0 aliphatic rings. The van der Waals surface area contributed by atoms with E-state index in [1.54, 1.807) is 21.3 Å². The minimum absolute atomic E-state index is 0.173. The molecule has 0 bridgehead atoms. The van der Waals surface area contributed by atoms with Gasteiger partial charge in [0, 0.05) is 12.1 Å². The van der Waals surface area contributed by atoms with E-state index < -0.39 is 0 Å². The summed E-state index contributed by atoms with van der Waals surface area (Å²) in [6.07, 6.45) is 0.173. The summed E-state index contributed by atoms with van der Waals surface area (Å²) < 4.78 is 17.0. The first kappa shape index (κ1) is 22.8. The highest BCUT2D eigenvalue weighted by Crippen LogP contribution is 2.22. The van der Waals surface area contributed by atoms with E-state index in [0.717, 1.165) is 33.9 Å². The fraction of sp³-hybridized carbons (Fsp3) is 0.192. The summed E-state index contributed by atoms with van der Waals surface area (Å²) in [7, 11) is 4.85. The molecule has 0 radical (unpaired) electrons. The van der Waals surface area contributed by atoms with Crippen molar-refractivity contribution in [1.29, 1.82) is 0 Å². The zero-order valence-corrected chi connectivity index (χ0v) is 19.3. The Hall–Kier alpha value is -4.33. The van der Waals surface area contributed by atoms with Crippen LogP contribution in [0.15, 0.2) is 72.8 Å². The van der Waals surface area contributed by atoms with Crippen LogP contribution >= 0.6 is 0 Å². The number of benzene rings is 3. The summed E-state index contributed by atoms with van der Waals surface area (Å²) in [5.41, 5.74) is 2.65. The smallest absolute Gasteiger partial charge is 0.254 e. The van der Waals surface area contributed by atoms with Crippen molar-refractivity contribution in [3.63, 3.8) is 0 Å². The lowest BCUT2D eigenvalue weighted by atomic mass is 10.1. The average Bonchev–Trinajstić information content (AvgIpc) is 3.33. The Kier molecular flexibility index (Phi) is 7.07. The van der Waals surface area contributed by atoms with Crippen molar-refractivity contribution in [1.82, 2.24) is 14.8 Å². The molecule has 0 saturated heterocycles. The third-order valence-electron chi connectivity index (χ3n) is 5.32. The summed E-state index contributed by atoms with van der Waals surface area (Å²) in [4.78, 5) is 17.8. The van der Waals surface area contributed by atoms with Gasteiger partial charge >= 0.3 is 0 Å². The number of carbonyl (C=O) groups excluding carboxylic acids is 1. The number of carbonyl (C=O) groups is 1. The Bertz CT molecular complexity index is 1230. The number of nitrogens with one attached hydrogen (secondary N) is 1. The Morgan fingerprint density at radius 1 is 0.765 bits per heavy atom. The molecule has 0 unspecified atom stereocenters. The molecule has 174 valence electrons. The summed E-state index contributed by atoms with van der Waals surface area (Å²) in [6.45, 7) is 0.473. The highest BCUT2D eigenvalue weighted by atomic mass is 16.5. The van der Waals surface area contributed by atoms with E-state index in [2.05, 4.69) is 15.4 Å². The van der Waals surface area contributed by atoms with Gasteiger partial charge in [-0.05, 0) is 59.7 Å². The third-order valence-corrected chi connectivity index (χ3v) is 5.32. The highest BCUT2D eigenvalue weighted by Gasteiger charge is 2.18. The van der Waals surface area contributed by atoms with E-state index in [1.807, 2.05) is 72.8 Å². The van der Waals surface area contributed by atoms with Crippen LogP contribution in [0.1, 0.15) is 15.9 Å². The van der Waals surface area contributed by atoms with Gasteiger partial charge in [-0.1, -0.05) is 24.3 Å². The molecule has 34 heavy (non-hydrogen) atoms. The molecule has 0 aliphatic carbocycles. The van der Waals surface area contributed by atoms with E-state index >= 15 is 0 Å². The zero-order valence-electron chi connectivity index (χ0n) is 19.3. The van der Waals surface area contributed by atoms with E-state index in [-0.39, 0.29) is 12.3 Å². The van der Waals surface area contributed by atoms with Gasteiger partial charge in [-0.2, -0.15) is 9.67 Å². The largest absolute Gasteiger partial charge is 0.497 e. The zero-order chi connectivity index (χ0) is 23.9.